The van der Waals surface area contributed by atoms with Crippen molar-refractivity contribution in [1.29, 1.82) is 5.26 Å². The van der Waals surface area contributed by atoms with Gasteiger partial charge in [-0.25, -0.2) is 9.07 Å². The van der Waals surface area contributed by atoms with Gasteiger partial charge in [0.25, 0.3) is 0 Å². The lowest BCUT2D eigenvalue weighted by Crippen LogP contribution is -2.38. The lowest BCUT2D eigenvalue weighted by molar-refractivity contribution is -0.116. The quantitative estimate of drug-likeness (QED) is 0.289. The van der Waals surface area contributed by atoms with Crippen LogP contribution in [0.1, 0.15) is 30.7 Å². The molecule has 0 saturated heterocycles. The maximum absolute atomic E-state index is 13.8. The van der Waals surface area contributed by atoms with E-state index in [1.165, 1.54) is 12.1 Å². The van der Waals surface area contributed by atoms with Crippen molar-refractivity contribution in [1.82, 2.24) is 9.78 Å². The third kappa shape index (κ3) is 4.35. The van der Waals surface area contributed by atoms with Gasteiger partial charge in [-0.1, -0.05) is 46.3 Å². The third-order valence-electron chi connectivity index (χ3n) is 7.19. The molecule has 1 atom stereocenters. The van der Waals surface area contributed by atoms with E-state index < -0.39 is 5.92 Å². The second kappa shape index (κ2) is 10.0. The Hall–Kier alpha value is -4.48. The Labute approximate surface area is 233 Å². The number of allylic oxidation sites excluding steroid dienone is 3. The molecule has 2 heterocycles. The number of nitrogens with two attached hydrogens (primary N) is 1. The third-order valence-corrected chi connectivity index (χ3v) is 7.72. The van der Waals surface area contributed by atoms with Gasteiger partial charge in [0, 0.05) is 45.2 Å². The molecule has 2 N–H and O–H groups in total. The maximum atomic E-state index is 13.8. The van der Waals surface area contributed by atoms with Crippen LogP contribution in [-0.2, 0) is 4.79 Å². The average Bonchev–Trinajstić information content (AvgIpc) is 3.39. The van der Waals surface area contributed by atoms with E-state index in [1.807, 2.05) is 60.8 Å². The zero-order valence-corrected chi connectivity index (χ0v) is 22.4. The Morgan fingerprint density at radius 1 is 0.974 bits per heavy atom. The summed E-state index contributed by atoms with van der Waals surface area (Å²) >= 11 is 3.50. The largest absolute Gasteiger partial charge is 0.384 e. The van der Waals surface area contributed by atoms with Crippen molar-refractivity contribution < 1.29 is 9.18 Å². The Morgan fingerprint density at radius 2 is 1.69 bits per heavy atom. The molecule has 6 rings (SSSR count). The van der Waals surface area contributed by atoms with Gasteiger partial charge in [-0.15, -0.1) is 0 Å². The molecular weight excluding hydrogens is 557 g/mol. The first-order chi connectivity index (χ1) is 19.0. The molecule has 0 amide bonds. The van der Waals surface area contributed by atoms with Crippen molar-refractivity contribution in [2.45, 2.75) is 25.2 Å². The fourth-order valence-corrected chi connectivity index (χ4v) is 5.69. The molecule has 1 aromatic heterocycles. The fourth-order valence-electron chi connectivity index (χ4n) is 5.43. The van der Waals surface area contributed by atoms with Gasteiger partial charge < -0.3 is 5.73 Å². The molecule has 8 heteroatoms. The molecule has 39 heavy (non-hydrogen) atoms. The van der Waals surface area contributed by atoms with E-state index in [0.717, 1.165) is 27.0 Å². The van der Waals surface area contributed by atoms with Crippen LogP contribution in [-0.4, -0.2) is 15.6 Å². The van der Waals surface area contributed by atoms with Gasteiger partial charge in [0.1, 0.15) is 11.6 Å². The summed E-state index contributed by atoms with van der Waals surface area (Å²) < 4.78 is 16.5. The zero-order chi connectivity index (χ0) is 27.1. The molecule has 1 unspecified atom stereocenters. The smallest absolute Gasteiger partial charge is 0.161 e. The van der Waals surface area contributed by atoms with Crippen LogP contribution < -0.4 is 10.6 Å². The van der Waals surface area contributed by atoms with Crippen molar-refractivity contribution in [2.24, 2.45) is 5.73 Å². The minimum atomic E-state index is -0.689. The summed E-state index contributed by atoms with van der Waals surface area (Å²) in [6.07, 6.45) is 3.54. The SMILES string of the molecule is N#CC1=C(N)N(c2ccc(F)cc2)C2=C(C(=O)CCC2)C1c1cn(-c2ccccc2)nc1-c1ccc(Br)cc1. The normalized spacial score (nSPS) is 17.3. The number of rotatable bonds is 4. The van der Waals surface area contributed by atoms with Crippen LogP contribution in [0.15, 0.2) is 112 Å². The number of para-hydroxylation sites is 1. The highest BCUT2D eigenvalue weighted by Crippen LogP contribution is 2.48. The number of carbonyl (C=O) groups excluding carboxylic acids is 1. The predicted molar refractivity (Wildman–Crippen MR) is 151 cm³/mol. The molecule has 0 radical (unpaired) electrons. The molecule has 4 aromatic rings. The van der Waals surface area contributed by atoms with Gasteiger partial charge in [0.05, 0.1) is 28.9 Å². The molecule has 192 valence electrons. The van der Waals surface area contributed by atoms with Gasteiger partial charge in [-0.3, -0.25) is 9.69 Å². The maximum Gasteiger partial charge on any atom is 0.161 e. The van der Waals surface area contributed by atoms with E-state index in [2.05, 4.69) is 22.0 Å². The second-order valence-corrected chi connectivity index (χ2v) is 10.4. The topological polar surface area (TPSA) is 87.9 Å². The Bertz CT molecular complexity index is 1680. The molecule has 3 aromatic carbocycles. The lowest BCUT2D eigenvalue weighted by atomic mass is 9.75. The van der Waals surface area contributed by atoms with Crippen LogP contribution in [0.25, 0.3) is 16.9 Å². The van der Waals surface area contributed by atoms with Crippen LogP contribution in [0.2, 0.25) is 0 Å². The van der Waals surface area contributed by atoms with Crippen LogP contribution >= 0.6 is 15.9 Å². The highest BCUT2D eigenvalue weighted by atomic mass is 79.9. The van der Waals surface area contributed by atoms with Crippen molar-refractivity contribution in [3.8, 4) is 23.0 Å². The van der Waals surface area contributed by atoms with E-state index >= 15 is 0 Å². The van der Waals surface area contributed by atoms with Crippen molar-refractivity contribution in [3.05, 3.63) is 124 Å². The average molecular weight is 580 g/mol. The highest BCUT2D eigenvalue weighted by Gasteiger charge is 2.42. The highest BCUT2D eigenvalue weighted by molar-refractivity contribution is 9.10. The number of carbonyl (C=O) groups is 1. The molecule has 0 saturated carbocycles. The van der Waals surface area contributed by atoms with Crippen molar-refractivity contribution >= 4 is 27.4 Å². The molecule has 6 nitrogen and oxygen atoms in total. The number of anilines is 1. The molecule has 0 spiro atoms. The van der Waals surface area contributed by atoms with Gasteiger partial charge in [-0.05, 0) is 61.4 Å². The lowest BCUT2D eigenvalue weighted by Gasteiger charge is -2.39. The van der Waals surface area contributed by atoms with Gasteiger partial charge in [0.2, 0.25) is 0 Å². The number of hydrogen-bond acceptors (Lipinski definition) is 5. The molecule has 0 bridgehead atoms. The monoisotopic (exact) mass is 579 g/mol. The number of ketones is 1. The van der Waals surface area contributed by atoms with Crippen molar-refractivity contribution in [3.63, 3.8) is 0 Å². The number of nitrogens with zero attached hydrogens (tertiary/aromatic N) is 4. The van der Waals surface area contributed by atoms with Crippen LogP contribution in [0.5, 0.6) is 0 Å². The van der Waals surface area contributed by atoms with Crippen LogP contribution in [0.3, 0.4) is 0 Å². The number of benzene rings is 3. The molecular formula is C31H23BrFN5O. The van der Waals surface area contributed by atoms with Gasteiger partial charge in [0.15, 0.2) is 5.78 Å². The van der Waals surface area contributed by atoms with Gasteiger partial charge >= 0.3 is 0 Å². The Morgan fingerprint density at radius 3 is 2.38 bits per heavy atom. The van der Waals surface area contributed by atoms with E-state index in [4.69, 9.17) is 10.8 Å². The number of aromatic nitrogens is 2. The van der Waals surface area contributed by atoms with E-state index in [9.17, 15) is 14.4 Å². The number of hydrogen-bond donors (Lipinski definition) is 1. The van der Waals surface area contributed by atoms with Crippen LogP contribution in [0.4, 0.5) is 10.1 Å². The van der Waals surface area contributed by atoms with Crippen molar-refractivity contribution in [2.75, 3.05) is 4.90 Å². The summed E-state index contributed by atoms with van der Waals surface area (Å²) in [5.74, 6) is -0.858. The standard InChI is InChI=1S/C31H23BrFN5O/c32-20-11-9-19(10-12-20)30-25(18-37(36-30)22-5-2-1-3-6-22)28-24(17-34)31(35)38(23-15-13-21(33)14-16-23)26-7-4-8-27(39)29(26)28/h1-3,5-6,9-16,18,28H,4,7-8,35H2. The van der Waals surface area contributed by atoms with E-state index in [-0.39, 0.29) is 23.0 Å². The number of nitriles is 1. The fraction of sp³-hybridized carbons (Fsp3) is 0.129. The summed E-state index contributed by atoms with van der Waals surface area (Å²) in [4.78, 5) is 15.4. The first-order valence-electron chi connectivity index (χ1n) is 12.6. The number of Topliss-reactive ketones (excluding diaryl/α,β-unsaturated/α-hetero) is 1. The Kier molecular flexibility index (Phi) is 6.37. The Balaban J connectivity index is 1.61. The molecule has 1 aliphatic carbocycles. The van der Waals surface area contributed by atoms with Gasteiger partial charge in [-0.2, -0.15) is 10.4 Å². The first kappa shape index (κ1) is 24.8. The minimum Gasteiger partial charge on any atom is -0.384 e. The van der Waals surface area contributed by atoms with E-state index in [0.29, 0.717) is 36.2 Å². The number of halogens is 2. The summed E-state index contributed by atoms with van der Waals surface area (Å²) in [5, 5.41) is 15.4. The molecule has 0 fully saturated rings. The summed E-state index contributed by atoms with van der Waals surface area (Å²) in [6.45, 7) is 0. The molecule has 2 aliphatic rings. The van der Waals surface area contributed by atoms with Crippen LogP contribution in [0, 0.1) is 17.1 Å². The summed E-state index contributed by atoms with van der Waals surface area (Å²) in [7, 11) is 0. The minimum absolute atomic E-state index is 0.0252. The molecule has 1 aliphatic heterocycles. The van der Waals surface area contributed by atoms with E-state index in [1.54, 1.807) is 21.7 Å². The first-order valence-corrected chi connectivity index (χ1v) is 13.4. The zero-order valence-electron chi connectivity index (χ0n) is 20.8. The predicted octanol–water partition coefficient (Wildman–Crippen LogP) is 6.75. The summed E-state index contributed by atoms with van der Waals surface area (Å²) in [6, 6.07) is 25.7. The summed E-state index contributed by atoms with van der Waals surface area (Å²) in [5.41, 5.74) is 12.0. The second-order valence-electron chi connectivity index (χ2n) is 9.51.